The lowest BCUT2D eigenvalue weighted by molar-refractivity contribution is 0.101. The van der Waals surface area contributed by atoms with Crippen LogP contribution in [0.5, 0.6) is 0 Å². The first-order valence-electron chi connectivity index (χ1n) is 10.0. The lowest BCUT2D eigenvalue weighted by Gasteiger charge is -2.13. The maximum Gasteiger partial charge on any atom is 0.272 e. The highest BCUT2D eigenvalue weighted by molar-refractivity contribution is 6.06. The number of nitrogens with zero attached hydrogens (tertiary/aromatic N) is 3. The number of benzene rings is 2. The highest BCUT2D eigenvalue weighted by Gasteiger charge is 2.20. The average molecular weight is 418 g/mol. The maximum absolute atomic E-state index is 13.8. The van der Waals surface area contributed by atoms with Gasteiger partial charge >= 0.3 is 0 Å². The Hall–Kier alpha value is -3.74. The number of carbonyl (C=O) groups excluding carboxylic acids is 1. The first kappa shape index (κ1) is 19.2. The number of aromatic nitrogens is 2. The molecule has 31 heavy (non-hydrogen) atoms. The van der Waals surface area contributed by atoms with Gasteiger partial charge in [-0.05, 0) is 60.0 Å². The number of fused-ring (bicyclic) bond motifs is 2. The molecule has 0 radical (unpaired) electrons. The van der Waals surface area contributed by atoms with Crippen molar-refractivity contribution in [2.75, 3.05) is 23.8 Å². The van der Waals surface area contributed by atoms with Crippen LogP contribution < -0.4 is 10.2 Å². The minimum atomic E-state index is -0.380. The third-order valence-corrected chi connectivity index (χ3v) is 5.60. The van der Waals surface area contributed by atoms with Gasteiger partial charge in [0.15, 0.2) is 0 Å². The standard InChI is InChI=1S/C24H20F2N4O/c1-29-8-7-16-11-20(13-27-23(16)29)28-24(31)22-12-17-10-19(26)5-6-21(17)30(22)14-15-3-2-4-18(25)9-15/h2-6,9-13H,7-8,14H2,1H3,(H,28,31). The molecule has 0 bridgehead atoms. The largest absolute Gasteiger partial charge is 0.359 e. The summed E-state index contributed by atoms with van der Waals surface area (Å²) in [6, 6.07) is 14.2. The van der Waals surface area contributed by atoms with Crippen molar-refractivity contribution < 1.29 is 13.6 Å². The third kappa shape index (κ3) is 3.63. The minimum Gasteiger partial charge on any atom is -0.359 e. The normalized spacial score (nSPS) is 12.9. The zero-order valence-corrected chi connectivity index (χ0v) is 16.9. The van der Waals surface area contributed by atoms with E-state index < -0.39 is 0 Å². The van der Waals surface area contributed by atoms with Crippen molar-refractivity contribution in [1.82, 2.24) is 9.55 Å². The topological polar surface area (TPSA) is 50.2 Å². The summed E-state index contributed by atoms with van der Waals surface area (Å²) in [4.78, 5) is 19.7. The first-order chi connectivity index (χ1) is 15.0. The van der Waals surface area contributed by atoms with Gasteiger partial charge in [0.1, 0.15) is 23.1 Å². The van der Waals surface area contributed by atoms with E-state index in [0.717, 1.165) is 24.3 Å². The molecule has 0 aliphatic carbocycles. The van der Waals surface area contributed by atoms with Gasteiger partial charge in [0.05, 0.1) is 11.9 Å². The zero-order valence-electron chi connectivity index (χ0n) is 16.9. The Morgan fingerprint density at radius 1 is 1.10 bits per heavy atom. The molecular formula is C24H20F2N4O. The average Bonchev–Trinajstić information content (AvgIpc) is 3.28. The van der Waals surface area contributed by atoms with Gasteiger partial charge in [-0.15, -0.1) is 0 Å². The van der Waals surface area contributed by atoms with Crippen molar-refractivity contribution in [2.45, 2.75) is 13.0 Å². The van der Waals surface area contributed by atoms with Crippen LogP contribution in [0.3, 0.4) is 0 Å². The monoisotopic (exact) mass is 418 g/mol. The summed E-state index contributed by atoms with van der Waals surface area (Å²) >= 11 is 0. The molecule has 1 amide bonds. The molecule has 0 spiro atoms. The van der Waals surface area contributed by atoms with Crippen LogP contribution in [0.2, 0.25) is 0 Å². The van der Waals surface area contributed by atoms with Gasteiger partial charge in [-0.1, -0.05) is 12.1 Å². The summed E-state index contributed by atoms with van der Waals surface area (Å²) in [6.07, 6.45) is 2.51. The lowest BCUT2D eigenvalue weighted by Crippen LogP contribution is -2.18. The first-order valence-corrected chi connectivity index (χ1v) is 10.0. The van der Waals surface area contributed by atoms with Crippen LogP contribution in [-0.2, 0) is 13.0 Å². The van der Waals surface area contributed by atoms with Gasteiger partial charge < -0.3 is 14.8 Å². The zero-order chi connectivity index (χ0) is 21.5. The number of likely N-dealkylation sites (N-methyl/N-ethyl adjacent to an activating group) is 1. The Balaban J connectivity index is 1.51. The number of anilines is 2. The van der Waals surface area contributed by atoms with Crippen molar-refractivity contribution in [3.63, 3.8) is 0 Å². The number of pyridine rings is 1. The second kappa shape index (κ2) is 7.50. The number of nitrogens with one attached hydrogen (secondary N) is 1. The molecule has 1 aliphatic heterocycles. The molecule has 1 aliphatic rings. The van der Waals surface area contributed by atoms with Crippen molar-refractivity contribution >= 4 is 28.3 Å². The number of halogens is 2. The number of rotatable bonds is 4. The van der Waals surface area contributed by atoms with Crippen LogP contribution in [0.1, 0.15) is 21.6 Å². The summed E-state index contributed by atoms with van der Waals surface area (Å²) in [7, 11) is 1.99. The highest BCUT2D eigenvalue weighted by atomic mass is 19.1. The maximum atomic E-state index is 13.8. The Bertz CT molecular complexity index is 1310. The molecule has 7 heteroatoms. The number of carbonyl (C=O) groups is 1. The number of hydrogen-bond acceptors (Lipinski definition) is 3. The second-order valence-corrected chi connectivity index (χ2v) is 7.78. The Morgan fingerprint density at radius 3 is 2.77 bits per heavy atom. The molecule has 4 aromatic rings. The molecule has 0 atom stereocenters. The van der Waals surface area contributed by atoms with Crippen LogP contribution in [0.15, 0.2) is 60.8 Å². The van der Waals surface area contributed by atoms with E-state index in [2.05, 4.69) is 15.2 Å². The Labute approximate surface area is 177 Å². The van der Waals surface area contributed by atoms with Crippen LogP contribution in [0.4, 0.5) is 20.3 Å². The molecule has 3 heterocycles. The van der Waals surface area contributed by atoms with Gasteiger partial charge in [0.25, 0.3) is 5.91 Å². The number of hydrogen-bond donors (Lipinski definition) is 1. The molecule has 0 saturated heterocycles. The van der Waals surface area contributed by atoms with Gasteiger partial charge in [0, 0.05) is 31.0 Å². The van der Waals surface area contributed by atoms with Crippen LogP contribution in [-0.4, -0.2) is 29.1 Å². The highest BCUT2D eigenvalue weighted by Crippen LogP contribution is 2.27. The predicted molar refractivity (Wildman–Crippen MR) is 117 cm³/mol. The fourth-order valence-electron chi connectivity index (χ4n) is 4.11. The van der Waals surface area contributed by atoms with E-state index in [-0.39, 0.29) is 24.1 Å². The molecule has 5 rings (SSSR count). The quantitative estimate of drug-likeness (QED) is 0.527. The SMILES string of the molecule is CN1CCc2cc(NC(=O)c3cc4cc(F)ccc4n3Cc3cccc(F)c3)cnc21. The molecule has 0 saturated carbocycles. The van der Waals surface area contributed by atoms with Gasteiger partial charge in [0.2, 0.25) is 0 Å². The Morgan fingerprint density at radius 2 is 1.94 bits per heavy atom. The molecule has 1 N–H and O–H groups in total. The molecule has 5 nitrogen and oxygen atoms in total. The van der Waals surface area contributed by atoms with Crippen molar-refractivity contribution in [3.8, 4) is 0 Å². The summed E-state index contributed by atoms with van der Waals surface area (Å²) in [6.45, 7) is 1.18. The predicted octanol–water partition coefficient (Wildman–Crippen LogP) is 4.61. The van der Waals surface area contributed by atoms with Crippen LogP contribution in [0, 0.1) is 11.6 Å². The van der Waals surface area contributed by atoms with Crippen molar-refractivity contribution in [3.05, 3.63) is 89.2 Å². The number of amides is 1. The molecular weight excluding hydrogens is 398 g/mol. The molecule has 156 valence electrons. The van der Waals surface area contributed by atoms with Gasteiger partial charge in [-0.25, -0.2) is 13.8 Å². The van der Waals surface area contributed by atoms with E-state index in [1.165, 1.54) is 24.3 Å². The van der Waals surface area contributed by atoms with E-state index in [9.17, 15) is 13.6 Å². The summed E-state index contributed by atoms with van der Waals surface area (Å²) in [5.74, 6) is -0.135. The smallest absolute Gasteiger partial charge is 0.272 e. The molecule has 0 unspecified atom stereocenters. The van der Waals surface area contributed by atoms with Crippen molar-refractivity contribution in [2.24, 2.45) is 0 Å². The molecule has 2 aromatic carbocycles. The van der Waals surface area contributed by atoms with Gasteiger partial charge in [-0.2, -0.15) is 0 Å². The van der Waals surface area contributed by atoms with E-state index in [1.807, 2.05) is 13.1 Å². The van der Waals surface area contributed by atoms with E-state index in [0.29, 0.717) is 27.8 Å². The molecule has 2 aromatic heterocycles. The third-order valence-electron chi connectivity index (χ3n) is 5.60. The summed E-state index contributed by atoms with van der Waals surface area (Å²) in [5, 5.41) is 3.51. The van der Waals surface area contributed by atoms with Crippen LogP contribution >= 0.6 is 0 Å². The lowest BCUT2D eigenvalue weighted by atomic mass is 10.2. The van der Waals surface area contributed by atoms with Gasteiger partial charge in [-0.3, -0.25) is 4.79 Å². The van der Waals surface area contributed by atoms with E-state index in [1.54, 1.807) is 35.0 Å². The van der Waals surface area contributed by atoms with Crippen molar-refractivity contribution in [1.29, 1.82) is 0 Å². The van der Waals surface area contributed by atoms with E-state index in [4.69, 9.17) is 0 Å². The Kier molecular flexibility index (Phi) is 4.66. The fourth-order valence-corrected chi connectivity index (χ4v) is 4.11. The summed E-state index contributed by atoms with van der Waals surface area (Å²) in [5.41, 5.74) is 3.46. The minimum absolute atomic E-state index is 0.281. The van der Waals surface area contributed by atoms with E-state index >= 15 is 0 Å². The summed E-state index contributed by atoms with van der Waals surface area (Å²) < 4.78 is 29.3. The fraction of sp³-hybridized carbons (Fsp3) is 0.167. The molecule has 0 fully saturated rings. The van der Waals surface area contributed by atoms with Crippen LogP contribution in [0.25, 0.3) is 10.9 Å². The second-order valence-electron chi connectivity index (χ2n) is 7.78.